The van der Waals surface area contributed by atoms with Crippen molar-refractivity contribution in [1.29, 1.82) is 0 Å². The lowest BCUT2D eigenvalue weighted by Crippen LogP contribution is -2.13. The van der Waals surface area contributed by atoms with E-state index in [1.54, 1.807) is 0 Å². The summed E-state index contributed by atoms with van der Waals surface area (Å²) in [5, 5.41) is 8.07. The number of aryl methyl sites for hydroxylation is 1. The summed E-state index contributed by atoms with van der Waals surface area (Å²) in [6.07, 6.45) is 0. The summed E-state index contributed by atoms with van der Waals surface area (Å²) in [5.74, 6) is 2.01. The first-order valence-corrected chi connectivity index (χ1v) is 4.18. The molecule has 0 bridgehead atoms. The van der Waals surface area contributed by atoms with Crippen molar-refractivity contribution in [2.24, 2.45) is 0 Å². The third-order valence-electron chi connectivity index (χ3n) is 2.03. The molecule has 4 heteroatoms. The molecule has 0 aromatic carbocycles. The second-order valence-corrected chi connectivity index (χ2v) is 3.22. The van der Waals surface area contributed by atoms with Crippen LogP contribution in [0, 0.1) is 6.92 Å². The molecule has 2 aromatic heterocycles. The third kappa shape index (κ3) is 1.14. The number of aromatic nitrogens is 3. The van der Waals surface area contributed by atoms with Gasteiger partial charge in [-0.1, -0.05) is 6.07 Å². The van der Waals surface area contributed by atoms with E-state index >= 15 is 0 Å². The van der Waals surface area contributed by atoms with Crippen molar-refractivity contribution >= 4 is 11.5 Å². The van der Waals surface area contributed by atoms with Crippen molar-refractivity contribution in [3.05, 3.63) is 24.0 Å². The van der Waals surface area contributed by atoms with E-state index in [4.69, 9.17) is 0 Å². The number of rotatable bonds is 1. The van der Waals surface area contributed by atoms with Gasteiger partial charge in [0.15, 0.2) is 5.65 Å². The number of hydrogen-bond donors (Lipinski definition) is 0. The van der Waals surface area contributed by atoms with Crippen molar-refractivity contribution in [3.8, 4) is 0 Å². The second-order valence-electron chi connectivity index (χ2n) is 3.22. The molecular weight excluding hydrogens is 164 g/mol. The normalized spacial score (nSPS) is 10.7. The average Bonchev–Trinajstić information content (AvgIpc) is 2.48. The molecule has 2 aromatic rings. The lowest BCUT2D eigenvalue weighted by molar-refractivity contribution is 0.965. The Bertz CT molecular complexity index is 430. The van der Waals surface area contributed by atoms with E-state index in [9.17, 15) is 0 Å². The summed E-state index contributed by atoms with van der Waals surface area (Å²) in [4.78, 5) is 2.04. The summed E-state index contributed by atoms with van der Waals surface area (Å²) < 4.78 is 2.03. The van der Waals surface area contributed by atoms with Gasteiger partial charge in [-0.2, -0.15) is 0 Å². The van der Waals surface area contributed by atoms with Crippen LogP contribution in [0.3, 0.4) is 0 Å². The Morgan fingerprint density at radius 2 is 2.00 bits per heavy atom. The molecule has 0 spiro atoms. The van der Waals surface area contributed by atoms with Crippen molar-refractivity contribution in [3.63, 3.8) is 0 Å². The van der Waals surface area contributed by atoms with Crippen LogP contribution in [0.25, 0.3) is 5.65 Å². The molecule has 0 aliphatic heterocycles. The van der Waals surface area contributed by atoms with Crippen LogP contribution in [0.15, 0.2) is 18.2 Å². The van der Waals surface area contributed by atoms with Gasteiger partial charge in [0.25, 0.3) is 0 Å². The molecule has 0 fully saturated rings. The van der Waals surface area contributed by atoms with E-state index in [2.05, 4.69) is 10.2 Å². The minimum Gasteiger partial charge on any atom is -0.364 e. The minimum atomic E-state index is 0.892. The van der Waals surface area contributed by atoms with Gasteiger partial charge in [-0.3, -0.25) is 4.40 Å². The lowest BCUT2D eigenvalue weighted by Gasteiger charge is -2.14. The highest BCUT2D eigenvalue weighted by Crippen LogP contribution is 2.14. The highest BCUT2D eigenvalue weighted by atomic mass is 15.3. The molecule has 0 saturated heterocycles. The molecule has 4 nitrogen and oxygen atoms in total. The molecule has 0 saturated carbocycles. The summed E-state index contributed by atoms with van der Waals surface area (Å²) >= 11 is 0. The molecule has 0 aliphatic rings. The smallest absolute Gasteiger partial charge is 0.162 e. The molecule has 2 rings (SSSR count). The number of pyridine rings is 1. The molecule has 0 N–H and O–H groups in total. The average molecular weight is 176 g/mol. The van der Waals surface area contributed by atoms with Crippen molar-refractivity contribution in [1.82, 2.24) is 14.6 Å². The largest absolute Gasteiger partial charge is 0.364 e. The van der Waals surface area contributed by atoms with Crippen molar-refractivity contribution in [2.75, 3.05) is 19.0 Å². The maximum Gasteiger partial charge on any atom is 0.162 e. The Labute approximate surface area is 76.8 Å². The number of anilines is 1. The molecular formula is C9H12N4. The number of nitrogens with zero attached hydrogens (tertiary/aromatic N) is 4. The molecule has 13 heavy (non-hydrogen) atoms. The van der Waals surface area contributed by atoms with Gasteiger partial charge in [0.2, 0.25) is 0 Å². The Kier molecular flexibility index (Phi) is 1.69. The molecule has 0 atom stereocenters. The van der Waals surface area contributed by atoms with E-state index in [1.165, 1.54) is 0 Å². The zero-order valence-electron chi connectivity index (χ0n) is 8.02. The first-order chi connectivity index (χ1) is 6.20. The van der Waals surface area contributed by atoms with Crippen LogP contribution >= 0.6 is 0 Å². The van der Waals surface area contributed by atoms with Crippen LogP contribution in [0.1, 0.15) is 5.82 Å². The van der Waals surface area contributed by atoms with Crippen LogP contribution < -0.4 is 4.90 Å². The lowest BCUT2D eigenvalue weighted by atomic mass is 10.4. The van der Waals surface area contributed by atoms with Gasteiger partial charge in [-0.25, -0.2) is 0 Å². The molecule has 0 aliphatic carbocycles. The van der Waals surface area contributed by atoms with Gasteiger partial charge < -0.3 is 4.90 Å². The molecule has 2 heterocycles. The van der Waals surface area contributed by atoms with Gasteiger partial charge in [0.1, 0.15) is 11.6 Å². The minimum absolute atomic E-state index is 0.892. The fraction of sp³-hybridized carbons (Fsp3) is 0.333. The maximum absolute atomic E-state index is 4.05. The fourth-order valence-electron chi connectivity index (χ4n) is 1.41. The van der Waals surface area contributed by atoms with Crippen LogP contribution in [0.5, 0.6) is 0 Å². The summed E-state index contributed by atoms with van der Waals surface area (Å²) in [6.45, 7) is 1.95. The van der Waals surface area contributed by atoms with E-state index < -0.39 is 0 Å². The first-order valence-electron chi connectivity index (χ1n) is 4.18. The molecule has 68 valence electrons. The van der Waals surface area contributed by atoms with E-state index in [-0.39, 0.29) is 0 Å². The maximum atomic E-state index is 4.05. The van der Waals surface area contributed by atoms with E-state index in [0.717, 1.165) is 17.3 Å². The highest BCUT2D eigenvalue weighted by molar-refractivity contribution is 5.50. The van der Waals surface area contributed by atoms with Gasteiger partial charge in [-0.15, -0.1) is 10.2 Å². The van der Waals surface area contributed by atoms with Crippen LogP contribution in [-0.2, 0) is 0 Å². The quantitative estimate of drug-likeness (QED) is 0.652. The van der Waals surface area contributed by atoms with Crippen LogP contribution in [0.4, 0.5) is 5.82 Å². The summed E-state index contributed by atoms with van der Waals surface area (Å²) in [7, 11) is 4.02. The van der Waals surface area contributed by atoms with Crippen LogP contribution in [-0.4, -0.2) is 28.7 Å². The van der Waals surface area contributed by atoms with E-state index in [0.29, 0.717) is 0 Å². The second kappa shape index (κ2) is 2.73. The SMILES string of the molecule is Cc1nnc2cccc(N(C)C)n12. The van der Waals surface area contributed by atoms with Gasteiger partial charge >= 0.3 is 0 Å². The van der Waals surface area contributed by atoms with Crippen molar-refractivity contribution < 1.29 is 0 Å². The Morgan fingerprint density at radius 1 is 1.23 bits per heavy atom. The zero-order chi connectivity index (χ0) is 9.42. The number of fused-ring (bicyclic) bond motifs is 1. The fourth-order valence-corrected chi connectivity index (χ4v) is 1.41. The summed E-state index contributed by atoms with van der Waals surface area (Å²) in [6, 6.07) is 5.98. The molecule has 0 unspecified atom stereocenters. The Balaban J connectivity index is 2.80. The van der Waals surface area contributed by atoms with E-state index in [1.807, 2.05) is 48.5 Å². The highest BCUT2D eigenvalue weighted by Gasteiger charge is 2.05. The first kappa shape index (κ1) is 8.04. The van der Waals surface area contributed by atoms with Gasteiger partial charge in [0, 0.05) is 14.1 Å². The Hall–Kier alpha value is -1.58. The topological polar surface area (TPSA) is 33.4 Å². The predicted molar refractivity (Wildman–Crippen MR) is 52.1 cm³/mol. The Morgan fingerprint density at radius 3 is 2.69 bits per heavy atom. The molecule has 0 amide bonds. The molecule has 0 radical (unpaired) electrons. The third-order valence-corrected chi connectivity index (χ3v) is 2.03. The number of hydrogen-bond acceptors (Lipinski definition) is 3. The van der Waals surface area contributed by atoms with Crippen molar-refractivity contribution in [2.45, 2.75) is 6.92 Å². The predicted octanol–water partition coefficient (Wildman–Crippen LogP) is 1.10. The zero-order valence-corrected chi connectivity index (χ0v) is 8.02. The van der Waals surface area contributed by atoms with Gasteiger partial charge in [0.05, 0.1) is 0 Å². The van der Waals surface area contributed by atoms with Crippen LogP contribution in [0.2, 0.25) is 0 Å². The summed E-state index contributed by atoms with van der Waals surface area (Å²) in [5.41, 5.74) is 0.892. The van der Waals surface area contributed by atoms with Gasteiger partial charge in [-0.05, 0) is 19.1 Å². The standard InChI is InChI=1S/C9H12N4/c1-7-10-11-8-5-4-6-9(12(2)3)13(7)8/h4-6H,1-3H3. The monoisotopic (exact) mass is 176 g/mol.